The second kappa shape index (κ2) is 8.23. The minimum atomic E-state index is 0.190. The van der Waals surface area contributed by atoms with Crippen molar-refractivity contribution in [3.8, 4) is 11.5 Å². The highest BCUT2D eigenvalue weighted by Crippen LogP contribution is 2.36. The standard InChI is InChI=1S/C23H29N3O2/c1-4-27-22-12-17(23-19-13-24-10-9-20(19)25-26-23)7-8-21(22)28-14-18-11-15(2)5-6-16(18)3/h5-8,11-12,19,23-24,26H,4,9-10,13-14H2,1-3H3. The Morgan fingerprint density at radius 3 is 2.82 bits per heavy atom. The number of hydrazone groups is 1. The molecule has 5 nitrogen and oxygen atoms in total. The first-order chi connectivity index (χ1) is 13.7. The molecule has 0 spiro atoms. The highest BCUT2D eigenvalue weighted by atomic mass is 16.5. The third kappa shape index (κ3) is 3.85. The molecule has 2 unspecified atom stereocenters. The quantitative estimate of drug-likeness (QED) is 0.799. The van der Waals surface area contributed by atoms with Crippen molar-refractivity contribution >= 4 is 5.71 Å². The molecule has 0 amide bonds. The number of hydrogen-bond acceptors (Lipinski definition) is 5. The van der Waals surface area contributed by atoms with E-state index in [1.807, 2.05) is 13.0 Å². The molecule has 4 rings (SSSR count). The minimum absolute atomic E-state index is 0.190. The fourth-order valence-electron chi connectivity index (χ4n) is 3.99. The summed E-state index contributed by atoms with van der Waals surface area (Å²) in [7, 11) is 0. The van der Waals surface area contributed by atoms with Gasteiger partial charge in [-0.25, -0.2) is 0 Å². The Morgan fingerprint density at radius 2 is 1.96 bits per heavy atom. The minimum Gasteiger partial charge on any atom is -0.490 e. The van der Waals surface area contributed by atoms with E-state index < -0.39 is 0 Å². The number of piperidine rings is 1. The molecule has 2 aliphatic heterocycles. The Balaban J connectivity index is 1.53. The van der Waals surface area contributed by atoms with Gasteiger partial charge in [0.1, 0.15) is 6.61 Å². The van der Waals surface area contributed by atoms with Gasteiger partial charge in [-0.05, 0) is 49.6 Å². The van der Waals surface area contributed by atoms with E-state index in [1.165, 1.54) is 28.0 Å². The molecule has 1 saturated heterocycles. The largest absolute Gasteiger partial charge is 0.490 e. The van der Waals surface area contributed by atoms with Gasteiger partial charge >= 0.3 is 0 Å². The summed E-state index contributed by atoms with van der Waals surface area (Å²) in [6, 6.07) is 12.9. The van der Waals surface area contributed by atoms with E-state index in [2.05, 4.69) is 60.0 Å². The zero-order valence-electron chi connectivity index (χ0n) is 16.9. The molecule has 0 bridgehead atoms. The van der Waals surface area contributed by atoms with Crippen LogP contribution < -0.4 is 20.2 Å². The summed E-state index contributed by atoms with van der Waals surface area (Å²) < 4.78 is 12.1. The first-order valence-corrected chi connectivity index (χ1v) is 10.1. The number of hydrogen-bond donors (Lipinski definition) is 2. The van der Waals surface area contributed by atoms with Gasteiger partial charge in [-0.1, -0.05) is 29.8 Å². The molecular weight excluding hydrogens is 350 g/mol. The Labute approximate surface area is 167 Å². The van der Waals surface area contributed by atoms with E-state index in [1.54, 1.807) is 0 Å². The highest BCUT2D eigenvalue weighted by molar-refractivity contribution is 5.89. The molecule has 2 heterocycles. The van der Waals surface area contributed by atoms with Crippen molar-refractivity contribution in [3.05, 3.63) is 58.7 Å². The summed E-state index contributed by atoms with van der Waals surface area (Å²) >= 11 is 0. The zero-order valence-corrected chi connectivity index (χ0v) is 16.9. The van der Waals surface area contributed by atoms with Gasteiger partial charge in [0.15, 0.2) is 11.5 Å². The van der Waals surface area contributed by atoms with Crippen molar-refractivity contribution in [2.75, 3.05) is 19.7 Å². The van der Waals surface area contributed by atoms with E-state index in [0.29, 0.717) is 19.1 Å². The van der Waals surface area contributed by atoms with Gasteiger partial charge in [-0.2, -0.15) is 5.10 Å². The summed E-state index contributed by atoms with van der Waals surface area (Å²) in [5.74, 6) is 1.99. The molecule has 2 N–H and O–H groups in total. The van der Waals surface area contributed by atoms with Crippen LogP contribution in [0.5, 0.6) is 11.5 Å². The molecule has 5 heteroatoms. The highest BCUT2D eigenvalue weighted by Gasteiger charge is 2.34. The van der Waals surface area contributed by atoms with Crippen LogP contribution in [0.15, 0.2) is 41.5 Å². The zero-order chi connectivity index (χ0) is 19.5. The van der Waals surface area contributed by atoms with Crippen molar-refractivity contribution in [3.63, 3.8) is 0 Å². The number of fused-ring (bicyclic) bond motifs is 1. The lowest BCUT2D eigenvalue weighted by Gasteiger charge is -2.25. The summed E-state index contributed by atoms with van der Waals surface area (Å²) in [6.07, 6.45) is 1.02. The first-order valence-electron chi connectivity index (χ1n) is 10.1. The van der Waals surface area contributed by atoms with Crippen molar-refractivity contribution in [1.29, 1.82) is 0 Å². The number of ether oxygens (including phenoxy) is 2. The predicted octanol–water partition coefficient (Wildman–Crippen LogP) is 3.89. The van der Waals surface area contributed by atoms with Crippen LogP contribution in [0.1, 0.15) is 41.6 Å². The summed E-state index contributed by atoms with van der Waals surface area (Å²) in [6.45, 7) is 9.34. The summed E-state index contributed by atoms with van der Waals surface area (Å²) in [4.78, 5) is 0. The fraction of sp³-hybridized carbons (Fsp3) is 0.435. The van der Waals surface area contributed by atoms with Crippen LogP contribution in [0, 0.1) is 19.8 Å². The fourth-order valence-corrected chi connectivity index (χ4v) is 3.99. The van der Waals surface area contributed by atoms with Crippen LogP contribution in [-0.4, -0.2) is 25.4 Å². The van der Waals surface area contributed by atoms with E-state index in [-0.39, 0.29) is 6.04 Å². The molecule has 2 aliphatic rings. The smallest absolute Gasteiger partial charge is 0.161 e. The van der Waals surface area contributed by atoms with E-state index >= 15 is 0 Å². The molecule has 28 heavy (non-hydrogen) atoms. The van der Waals surface area contributed by atoms with Crippen LogP contribution in [-0.2, 0) is 6.61 Å². The van der Waals surface area contributed by atoms with Gasteiger partial charge in [0.2, 0.25) is 0 Å². The lowest BCUT2D eigenvalue weighted by molar-refractivity contribution is 0.268. The number of aryl methyl sites for hydroxylation is 2. The van der Waals surface area contributed by atoms with E-state index in [0.717, 1.165) is 31.0 Å². The van der Waals surface area contributed by atoms with Crippen LogP contribution in [0.25, 0.3) is 0 Å². The monoisotopic (exact) mass is 379 g/mol. The van der Waals surface area contributed by atoms with Gasteiger partial charge in [0.05, 0.1) is 12.6 Å². The predicted molar refractivity (Wildman–Crippen MR) is 112 cm³/mol. The molecule has 0 radical (unpaired) electrons. The van der Waals surface area contributed by atoms with Gasteiger partial charge < -0.3 is 20.2 Å². The lowest BCUT2D eigenvalue weighted by atomic mass is 9.87. The number of rotatable bonds is 6. The average Bonchev–Trinajstić information content (AvgIpc) is 3.14. The Kier molecular flexibility index (Phi) is 5.53. The third-order valence-corrected chi connectivity index (χ3v) is 5.61. The molecular formula is C23H29N3O2. The maximum atomic E-state index is 6.15. The first kappa shape index (κ1) is 18.8. The van der Waals surface area contributed by atoms with Crippen molar-refractivity contribution < 1.29 is 9.47 Å². The van der Waals surface area contributed by atoms with Gasteiger partial charge in [0, 0.05) is 31.1 Å². The van der Waals surface area contributed by atoms with Crippen LogP contribution >= 0.6 is 0 Å². The van der Waals surface area contributed by atoms with Crippen LogP contribution in [0.3, 0.4) is 0 Å². The Morgan fingerprint density at radius 1 is 1.07 bits per heavy atom. The van der Waals surface area contributed by atoms with Crippen LogP contribution in [0.4, 0.5) is 0 Å². The number of nitrogens with one attached hydrogen (secondary N) is 2. The normalized spacial score (nSPS) is 20.9. The van der Waals surface area contributed by atoms with Gasteiger partial charge in [-0.15, -0.1) is 0 Å². The van der Waals surface area contributed by atoms with E-state index in [9.17, 15) is 0 Å². The Hall–Kier alpha value is -2.53. The number of nitrogens with zero attached hydrogens (tertiary/aromatic N) is 1. The molecule has 2 atom stereocenters. The topological polar surface area (TPSA) is 54.9 Å². The second-order valence-corrected chi connectivity index (χ2v) is 7.63. The SMILES string of the molecule is CCOc1cc(C2NN=C3CCNCC32)ccc1OCc1cc(C)ccc1C. The van der Waals surface area contributed by atoms with Crippen molar-refractivity contribution in [2.45, 2.75) is 39.8 Å². The maximum absolute atomic E-state index is 6.15. The van der Waals surface area contributed by atoms with Gasteiger partial charge in [-0.3, -0.25) is 0 Å². The molecule has 2 aromatic rings. The van der Waals surface area contributed by atoms with Gasteiger partial charge in [0.25, 0.3) is 0 Å². The van der Waals surface area contributed by atoms with Crippen molar-refractivity contribution in [2.24, 2.45) is 11.0 Å². The molecule has 0 saturated carbocycles. The van der Waals surface area contributed by atoms with Crippen LogP contribution in [0.2, 0.25) is 0 Å². The molecule has 148 valence electrons. The second-order valence-electron chi connectivity index (χ2n) is 7.63. The molecule has 0 aliphatic carbocycles. The average molecular weight is 380 g/mol. The molecule has 2 aromatic carbocycles. The lowest BCUT2D eigenvalue weighted by Crippen LogP contribution is -2.38. The van der Waals surface area contributed by atoms with Crippen molar-refractivity contribution in [1.82, 2.24) is 10.7 Å². The summed E-state index contributed by atoms with van der Waals surface area (Å²) in [5.41, 5.74) is 9.48. The van der Waals surface area contributed by atoms with E-state index in [4.69, 9.17) is 9.47 Å². The summed E-state index contributed by atoms with van der Waals surface area (Å²) in [5, 5.41) is 8.04. The Bertz CT molecular complexity index is 878. The number of benzene rings is 2. The molecule has 1 fully saturated rings. The third-order valence-electron chi connectivity index (χ3n) is 5.61. The molecule has 0 aromatic heterocycles. The maximum Gasteiger partial charge on any atom is 0.161 e.